The highest BCUT2D eigenvalue weighted by Crippen LogP contribution is 2.38. The summed E-state index contributed by atoms with van der Waals surface area (Å²) < 4.78 is 6.50. The molecule has 0 aliphatic heterocycles. The zero-order valence-electron chi connectivity index (χ0n) is 15.9. The number of pyridine rings is 2. The summed E-state index contributed by atoms with van der Waals surface area (Å²) in [5, 5.41) is 11.4. The first-order valence-electron chi connectivity index (χ1n) is 9.45. The molecule has 6 nitrogen and oxygen atoms in total. The van der Waals surface area contributed by atoms with Crippen LogP contribution in [0.5, 0.6) is 5.75 Å². The molecule has 28 heavy (non-hydrogen) atoms. The van der Waals surface area contributed by atoms with Crippen molar-refractivity contribution < 1.29 is 14.6 Å². The number of benzene rings is 1. The second-order valence-electron chi connectivity index (χ2n) is 7.19. The SMILES string of the molecule is COC(=O)c1ncc2c(c(C)c(-c3ccccc3)c(=O)n2C2CCCC2)c1O. The van der Waals surface area contributed by atoms with E-state index in [-0.39, 0.29) is 23.0 Å². The Labute approximate surface area is 162 Å². The second-order valence-corrected chi connectivity index (χ2v) is 7.19. The molecule has 2 heterocycles. The van der Waals surface area contributed by atoms with Gasteiger partial charge in [0, 0.05) is 11.4 Å². The van der Waals surface area contributed by atoms with Crippen LogP contribution in [0.4, 0.5) is 0 Å². The summed E-state index contributed by atoms with van der Waals surface area (Å²) in [6, 6.07) is 9.48. The van der Waals surface area contributed by atoms with Gasteiger partial charge in [0.15, 0.2) is 11.4 Å². The predicted molar refractivity (Wildman–Crippen MR) is 107 cm³/mol. The Hall–Kier alpha value is -3.15. The fourth-order valence-corrected chi connectivity index (χ4v) is 4.27. The van der Waals surface area contributed by atoms with Crippen LogP contribution in [0.2, 0.25) is 0 Å². The summed E-state index contributed by atoms with van der Waals surface area (Å²) in [5.74, 6) is -0.954. The Morgan fingerprint density at radius 3 is 2.54 bits per heavy atom. The molecule has 144 valence electrons. The van der Waals surface area contributed by atoms with E-state index in [2.05, 4.69) is 4.98 Å². The third-order valence-electron chi connectivity index (χ3n) is 5.61. The first-order chi connectivity index (χ1) is 13.5. The van der Waals surface area contributed by atoms with Crippen LogP contribution in [-0.4, -0.2) is 27.7 Å². The molecule has 1 fully saturated rings. The van der Waals surface area contributed by atoms with E-state index < -0.39 is 5.97 Å². The average Bonchev–Trinajstić information content (AvgIpc) is 3.22. The van der Waals surface area contributed by atoms with Crippen molar-refractivity contribution in [2.45, 2.75) is 38.6 Å². The maximum atomic E-state index is 13.5. The lowest BCUT2D eigenvalue weighted by atomic mass is 9.97. The van der Waals surface area contributed by atoms with Crippen molar-refractivity contribution in [3.05, 3.63) is 58.1 Å². The number of methoxy groups -OCH3 is 1. The maximum absolute atomic E-state index is 13.5. The van der Waals surface area contributed by atoms with Gasteiger partial charge in [0.25, 0.3) is 5.56 Å². The molecule has 0 amide bonds. The Morgan fingerprint density at radius 1 is 1.21 bits per heavy atom. The lowest BCUT2D eigenvalue weighted by molar-refractivity contribution is 0.0591. The van der Waals surface area contributed by atoms with Crippen LogP contribution in [0, 0.1) is 6.92 Å². The largest absolute Gasteiger partial charge is 0.505 e. The quantitative estimate of drug-likeness (QED) is 0.697. The van der Waals surface area contributed by atoms with Gasteiger partial charge in [-0.15, -0.1) is 0 Å². The van der Waals surface area contributed by atoms with Gasteiger partial charge < -0.3 is 14.4 Å². The summed E-state index contributed by atoms with van der Waals surface area (Å²) in [7, 11) is 1.25. The van der Waals surface area contributed by atoms with E-state index in [0.29, 0.717) is 22.0 Å². The molecule has 0 radical (unpaired) electrons. The predicted octanol–water partition coefficient (Wildman–Crippen LogP) is 3.98. The lowest BCUT2D eigenvalue weighted by Crippen LogP contribution is -2.27. The molecule has 1 aliphatic carbocycles. The van der Waals surface area contributed by atoms with E-state index in [1.807, 2.05) is 30.3 Å². The molecule has 0 unspecified atom stereocenters. The van der Waals surface area contributed by atoms with Gasteiger partial charge >= 0.3 is 5.97 Å². The van der Waals surface area contributed by atoms with E-state index in [1.165, 1.54) is 13.3 Å². The number of nitrogens with zero attached hydrogens (tertiary/aromatic N) is 2. The normalized spacial score (nSPS) is 14.5. The van der Waals surface area contributed by atoms with E-state index in [0.717, 1.165) is 31.2 Å². The molecule has 1 N–H and O–H groups in total. The van der Waals surface area contributed by atoms with Crippen molar-refractivity contribution in [1.82, 2.24) is 9.55 Å². The van der Waals surface area contributed by atoms with Crippen LogP contribution < -0.4 is 5.56 Å². The van der Waals surface area contributed by atoms with Crippen LogP contribution in [-0.2, 0) is 4.74 Å². The zero-order valence-corrected chi connectivity index (χ0v) is 15.9. The third kappa shape index (κ3) is 2.76. The van der Waals surface area contributed by atoms with Gasteiger partial charge in [0.2, 0.25) is 0 Å². The van der Waals surface area contributed by atoms with Crippen molar-refractivity contribution in [2.24, 2.45) is 0 Å². The van der Waals surface area contributed by atoms with Gasteiger partial charge in [0.05, 0.1) is 24.4 Å². The lowest BCUT2D eigenvalue weighted by Gasteiger charge is -2.21. The van der Waals surface area contributed by atoms with Crippen LogP contribution in [0.25, 0.3) is 22.0 Å². The number of aromatic hydroxyl groups is 1. The molecular weight excluding hydrogens is 356 g/mol. The number of esters is 1. The minimum atomic E-state index is -0.710. The zero-order chi connectivity index (χ0) is 19.8. The van der Waals surface area contributed by atoms with Crippen LogP contribution in [0.1, 0.15) is 47.8 Å². The standard InChI is InChI=1S/C22H22N2O4/c1-13-17(14-8-4-3-5-9-14)21(26)24(15-10-6-7-11-15)16-12-23-19(22(27)28-2)20(25)18(13)16/h3-5,8-9,12,15,25H,6-7,10-11H2,1-2H3. The minimum absolute atomic E-state index is 0.0586. The molecule has 6 heteroatoms. The highest BCUT2D eigenvalue weighted by atomic mass is 16.5. The molecular formula is C22H22N2O4. The summed E-state index contributed by atoms with van der Waals surface area (Å²) in [5.41, 5.74) is 2.28. The molecule has 2 aromatic heterocycles. The molecule has 0 bridgehead atoms. The number of rotatable bonds is 3. The molecule has 1 aromatic carbocycles. The first kappa shape index (κ1) is 18.2. The highest BCUT2D eigenvalue weighted by molar-refractivity contribution is 6.01. The molecule has 4 rings (SSSR count). The smallest absolute Gasteiger partial charge is 0.360 e. The summed E-state index contributed by atoms with van der Waals surface area (Å²) in [6.07, 6.45) is 5.44. The van der Waals surface area contributed by atoms with Crippen molar-refractivity contribution >= 4 is 16.9 Å². The topological polar surface area (TPSA) is 81.4 Å². The van der Waals surface area contributed by atoms with Gasteiger partial charge in [-0.2, -0.15) is 0 Å². The van der Waals surface area contributed by atoms with Crippen LogP contribution in [0.3, 0.4) is 0 Å². The van der Waals surface area contributed by atoms with Gasteiger partial charge in [-0.1, -0.05) is 43.2 Å². The number of fused-ring (bicyclic) bond motifs is 1. The molecule has 0 spiro atoms. The fraction of sp³-hybridized carbons (Fsp3) is 0.318. The summed E-state index contributed by atoms with van der Waals surface area (Å²) >= 11 is 0. The van der Waals surface area contributed by atoms with Crippen molar-refractivity contribution in [3.63, 3.8) is 0 Å². The summed E-state index contributed by atoms with van der Waals surface area (Å²) in [4.78, 5) is 29.7. The summed E-state index contributed by atoms with van der Waals surface area (Å²) in [6.45, 7) is 1.80. The number of carbonyl (C=O) groups is 1. The number of aryl methyl sites for hydroxylation is 1. The van der Waals surface area contributed by atoms with E-state index >= 15 is 0 Å². The highest BCUT2D eigenvalue weighted by Gasteiger charge is 2.27. The number of aromatic nitrogens is 2. The maximum Gasteiger partial charge on any atom is 0.360 e. The van der Waals surface area contributed by atoms with Crippen molar-refractivity contribution in [2.75, 3.05) is 7.11 Å². The number of hydrogen-bond donors (Lipinski definition) is 1. The van der Waals surface area contributed by atoms with Gasteiger partial charge in [0.1, 0.15) is 0 Å². The number of ether oxygens (including phenoxy) is 1. The molecule has 0 atom stereocenters. The monoisotopic (exact) mass is 378 g/mol. The van der Waals surface area contributed by atoms with Gasteiger partial charge in [-0.05, 0) is 30.9 Å². The third-order valence-corrected chi connectivity index (χ3v) is 5.61. The minimum Gasteiger partial charge on any atom is -0.505 e. The van der Waals surface area contributed by atoms with Crippen LogP contribution >= 0.6 is 0 Å². The fourth-order valence-electron chi connectivity index (χ4n) is 4.27. The van der Waals surface area contributed by atoms with Crippen LogP contribution in [0.15, 0.2) is 41.3 Å². The second kappa shape index (κ2) is 7.11. The number of carbonyl (C=O) groups excluding carboxylic acids is 1. The average molecular weight is 378 g/mol. The van der Waals surface area contributed by atoms with Crippen molar-refractivity contribution in [1.29, 1.82) is 0 Å². The van der Waals surface area contributed by atoms with Gasteiger partial charge in [-0.25, -0.2) is 9.78 Å². The first-order valence-corrected chi connectivity index (χ1v) is 9.45. The van der Waals surface area contributed by atoms with E-state index in [1.54, 1.807) is 11.5 Å². The Bertz CT molecular complexity index is 1110. The van der Waals surface area contributed by atoms with E-state index in [9.17, 15) is 14.7 Å². The van der Waals surface area contributed by atoms with Crippen molar-refractivity contribution in [3.8, 4) is 16.9 Å². The molecule has 1 aliphatic rings. The molecule has 3 aromatic rings. The molecule has 1 saturated carbocycles. The number of hydrogen-bond acceptors (Lipinski definition) is 5. The Balaban J connectivity index is 2.13. The van der Waals surface area contributed by atoms with E-state index in [4.69, 9.17) is 4.74 Å². The van der Waals surface area contributed by atoms with Gasteiger partial charge in [-0.3, -0.25) is 4.79 Å². The Morgan fingerprint density at radius 2 is 1.89 bits per heavy atom. The Kier molecular flexibility index (Phi) is 4.63. The molecule has 0 saturated heterocycles.